The van der Waals surface area contributed by atoms with Crippen LogP contribution in [0.2, 0.25) is 0 Å². The summed E-state index contributed by atoms with van der Waals surface area (Å²) in [6.07, 6.45) is 5.70. The van der Waals surface area contributed by atoms with Crippen LogP contribution >= 0.6 is 11.3 Å². The van der Waals surface area contributed by atoms with Crippen molar-refractivity contribution in [2.45, 2.75) is 20.3 Å². The molecule has 0 aliphatic carbocycles. The molecule has 0 aliphatic heterocycles. The summed E-state index contributed by atoms with van der Waals surface area (Å²) < 4.78 is 10.9. The van der Waals surface area contributed by atoms with Crippen molar-refractivity contribution in [2.75, 3.05) is 12.4 Å². The second-order valence-electron chi connectivity index (χ2n) is 7.10. The predicted molar refractivity (Wildman–Crippen MR) is 121 cm³/mol. The highest BCUT2D eigenvalue weighted by Crippen LogP contribution is 2.25. The molecule has 0 bridgehead atoms. The topological polar surface area (TPSA) is 64.4 Å². The summed E-state index contributed by atoms with van der Waals surface area (Å²) in [5.41, 5.74) is 4.54. The van der Waals surface area contributed by atoms with Crippen LogP contribution < -0.4 is 10.1 Å². The zero-order valence-corrected chi connectivity index (χ0v) is 17.9. The van der Waals surface area contributed by atoms with E-state index in [1.807, 2.05) is 30.5 Å². The summed E-state index contributed by atoms with van der Waals surface area (Å²) in [5.74, 6) is 1.11. The monoisotopic (exact) mass is 418 g/mol. The first-order valence-corrected chi connectivity index (χ1v) is 10.4. The summed E-state index contributed by atoms with van der Waals surface area (Å²) in [5, 5.41) is 4.31. The van der Waals surface area contributed by atoms with E-state index in [1.54, 1.807) is 13.2 Å². The molecule has 2 heterocycles. The number of aryl methyl sites for hydroxylation is 2. The van der Waals surface area contributed by atoms with Gasteiger partial charge in [-0.25, -0.2) is 4.98 Å². The number of methoxy groups -OCH3 is 1. The van der Waals surface area contributed by atoms with Gasteiger partial charge in [0.05, 0.1) is 7.11 Å². The van der Waals surface area contributed by atoms with Gasteiger partial charge in [-0.15, -0.1) is 11.3 Å². The van der Waals surface area contributed by atoms with E-state index in [0.29, 0.717) is 10.9 Å². The molecule has 4 rings (SSSR count). The van der Waals surface area contributed by atoms with Crippen LogP contribution in [0.5, 0.6) is 5.75 Å². The highest BCUT2D eigenvalue weighted by molar-refractivity contribution is 7.15. The van der Waals surface area contributed by atoms with Gasteiger partial charge in [0.25, 0.3) is 0 Å². The number of carbonyl (C=O) groups is 1. The summed E-state index contributed by atoms with van der Waals surface area (Å²) in [6.45, 7) is 4.22. The highest BCUT2D eigenvalue weighted by Gasteiger charge is 2.07. The third-order valence-corrected chi connectivity index (χ3v) is 5.79. The zero-order valence-electron chi connectivity index (χ0n) is 17.1. The van der Waals surface area contributed by atoms with E-state index in [0.717, 1.165) is 28.0 Å². The molecule has 0 fully saturated rings. The number of nitrogens with zero attached hydrogens (tertiary/aromatic N) is 1. The van der Waals surface area contributed by atoms with E-state index in [2.05, 4.69) is 42.3 Å². The third kappa shape index (κ3) is 4.60. The molecular weight excluding hydrogens is 396 g/mol. The third-order valence-electron chi connectivity index (χ3n) is 4.87. The molecule has 0 unspecified atom stereocenters. The van der Waals surface area contributed by atoms with Crippen LogP contribution in [0.25, 0.3) is 17.0 Å². The van der Waals surface area contributed by atoms with Gasteiger partial charge in [0.2, 0.25) is 5.91 Å². The Balaban J connectivity index is 1.38. The fraction of sp³-hybridized carbons (Fsp3) is 0.167. The number of benzene rings is 2. The number of thiazole rings is 1. The lowest BCUT2D eigenvalue weighted by Gasteiger charge is -2.03. The molecule has 6 heteroatoms. The Labute approximate surface area is 179 Å². The van der Waals surface area contributed by atoms with E-state index in [9.17, 15) is 4.79 Å². The molecule has 0 aliphatic rings. The minimum Gasteiger partial charge on any atom is -0.497 e. The molecule has 0 saturated carbocycles. The summed E-state index contributed by atoms with van der Waals surface area (Å²) >= 11 is 1.48. The fourth-order valence-corrected chi connectivity index (χ4v) is 3.97. The Hall–Kier alpha value is -3.38. The average molecular weight is 419 g/mol. The lowest BCUT2D eigenvalue weighted by Crippen LogP contribution is -2.06. The van der Waals surface area contributed by atoms with Crippen LogP contribution in [-0.2, 0) is 11.2 Å². The predicted octanol–water partition coefficient (Wildman–Crippen LogP) is 5.76. The molecule has 152 valence electrons. The van der Waals surface area contributed by atoms with E-state index in [4.69, 9.17) is 9.15 Å². The molecule has 30 heavy (non-hydrogen) atoms. The number of anilines is 1. The maximum Gasteiger partial charge on any atom is 0.250 e. The number of ether oxygens (including phenoxy) is 1. The smallest absolute Gasteiger partial charge is 0.250 e. The minimum absolute atomic E-state index is 0.250. The summed E-state index contributed by atoms with van der Waals surface area (Å²) in [7, 11) is 1.62. The van der Waals surface area contributed by atoms with Crippen molar-refractivity contribution in [2.24, 2.45) is 0 Å². The number of nitrogens with one attached hydrogen (secondary N) is 1. The minimum atomic E-state index is -0.250. The molecule has 4 aromatic rings. The van der Waals surface area contributed by atoms with Crippen molar-refractivity contribution in [3.8, 4) is 5.75 Å². The van der Waals surface area contributed by atoms with Gasteiger partial charge in [-0.1, -0.05) is 18.2 Å². The van der Waals surface area contributed by atoms with Gasteiger partial charge in [0.1, 0.15) is 17.1 Å². The van der Waals surface area contributed by atoms with Gasteiger partial charge in [0, 0.05) is 29.0 Å². The van der Waals surface area contributed by atoms with Crippen molar-refractivity contribution >= 4 is 39.4 Å². The molecule has 1 amide bonds. The van der Waals surface area contributed by atoms with Crippen LogP contribution in [0.4, 0.5) is 5.13 Å². The largest absolute Gasteiger partial charge is 0.497 e. The number of furan rings is 1. The molecule has 0 atom stereocenters. The van der Waals surface area contributed by atoms with Crippen molar-refractivity contribution < 1.29 is 13.9 Å². The van der Waals surface area contributed by atoms with Gasteiger partial charge in [-0.05, 0) is 60.9 Å². The Morgan fingerprint density at radius 1 is 1.17 bits per heavy atom. The Morgan fingerprint density at radius 2 is 2.03 bits per heavy atom. The first-order chi connectivity index (χ1) is 14.5. The molecule has 0 radical (unpaired) electrons. The van der Waals surface area contributed by atoms with E-state index < -0.39 is 0 Å². The maximum atomic E-state index is 12.3. The molecule has 2 aromatic heterocycles. The van der Waals surface area contributed by atoms with Gasteiger partial charge in [-0.2, -0.15) is 0 Å². The molecule has 0 spiro atoms. The number of hydrogen-bond donors (Lipinski definition) is 1. The highest BCUT2D eigenvalue weighted by atomic mass is 32.1. The Morgan fingerprint density at radius 3 is 2.83 bits per heavy atom. The second-order valence-corrected chi connectivity index (χ2v) is 8.22. The maximum absolute atomic E-state index is 12.3. The van der Waals surface area contributed by atoms with Crippen molar-refractivity contribution in [1.82, 2.24) is 4.98 Å². The van der Waals surface area contributed by atoms with Crippen molar-refractivity contribution in [3.63, 3.8) is 0 Å². The number of amides is 1. The van der Waals surface area contributed by atoms with Crippen LogP contribution in [0, 0.1) is 13.8 Å². The van der Waals surface area contributed by atoms with Crippen LogP contribution in [0.15, 0.2) is 59.2 Å². The fourth-order valence-electron chi connectivity index (χ4n) is 3.12. The lowest BCUT2D eigenvalue weighted by atomic mass is 10.0. The summed E-state index contributed by atoms with van der Waals surface area (Å²) in [6, 6.07) is 13.9. The second kappa shape index (κ2) is 8.55. The van der Waals surface area contributed by atoms with Gasteiger partial charge in [-0.3, -0.25) is 10.1 Å². The van der Waals surface area contributed by atoms with Crippen molar-refractivity contribution in [1.29, 1.82) is 0 Å². The quantitative estimate of drug-likeness (QED) is 0.405. The van der Waals surface area contributed by atoms with E-state index >= 15 is 0 Å². The number of carbonyl (C=O) groups excluding carboxylic acids is 1. The SMILES string of the molecule is COc1ccc2oc(C=CC(=O)Nc3ncc(Cc4ccc(C)c(C)c4)s3)cc2c1. The first-order valence-electron chi connectivity index (χ1n) is 9.57. The Bertz CT molecular complexity index is 1240. The average Bonchev–Trinajstić information content (AvgIpc) is 3.34. The van der Waals surface area contributed by atoms with Gasteiger partial charge >= 0.3 is 0 Å². The van der Waals surface area contributed by atoms with Crippen molar-refractivity contribution in [3.05, 3.63) is 82.1 Å². The molecule has 0 saturated heterocycles. The molecule has 1 N–H and O–H groups in total. The van der Waals surface area contributed by atoms with Crippen LogP contribution in [0.1, 0.15) is 27.3 Å². The van der Waals surface area contributed by atoms with Crippen LogP contribution in [-0.4, -0.2) is 18.0 Å². The lowest BCUT2D eigenvalue weighted by molar-refractivity contribution is -0.111. The van der Waals surface area contributed by atoms with Gasteiger partial charge in [0.15, 0.2) is 5.13 Å². The Kier molecular flexibility index (Phi) is 5.68. The molecule has 2 aromatic carbocycles. The number of fused-ring (bicyclic) bond motifs is 1. The van der Waals surface area contributed by atoms with Gasteiger partial charge < -0.3 is 9.15 Å². The first kappa shape index (κ1) is 19.9. The number of hydrogen-bond acceptors (Lipinski definition) is 5. The molecular formula is C24H22N2O3S. The number of rotatable bonds is 6. The van der Waals surface area contributed by atoms with E-state index in [-0.39, 0.29) is 5.91 Å². The summed E-state index contributed by atoms with van der Waals surface area (Å²) in [4.78, 5) is 17.7. The van der Waals surface area contributed by atoms with Crippen LogP contribution in [0.3, 0.4) is 0 Å². The number of aromatic nitrogens is 1. The molecule has 5 nitrogen and oxygen atoms in total. The zero-order chi connectivity index (χ0) is 21.1. The van der Waals surface area contributed by atoms with E-state index in [1.165, 1.54) is 34.1 Å². The normalized spacial score (nSPS) is 11.3. The standard InChI is InChI=1S/C24H22N2O3S/c1-15-4-5-17(10-16(15)2)11-21-14-25-24(30-21)26-23(27)9-7-20-13-18-12-19(28-3)6-8-22(18)29-20/h4-10,12-14H,11H2,1-3H3,(H,25,26,27).